The van der Waals surface area contributed by atoms with Crippen LogP contribution in [0.4, 0.5) is 0 Å². The van der Waals surface area contributed by atoms with Crippen molar-refractivity contribution in [1.82, 2.24) is 4.90 Å². The highest BCUT2D eigenvalue weighted by Gasteiger charge is 2.39. The van der Waals surface area contributed by atoms with E-state index in [4.69, 9.17) is 10.5 Å². The van der Waals surface area contributed by atoms with Gasteiger partial charge in [0.15, 0.2) is 0 Å². The van der Waals surface area contributed by atoms with E-state index in [0.717, 1.165) is 37.0 Å². The van der Waals surface area contributed by atoms with Crippen LogP contribution >= 0.6 is 0 Å². The highest BCUT2D eigenvalue weighted by atomic mass is 16.5. The molecule has 0 bridgehead atoms. The molecule has 2 rings (SSSR count). The van der Waals surface area contributed by atoms with E-state index in [2.05, 4.69) is 0 Å². The Morgan fingerprint density at radius 2 is 2.05 bits per heavy atom. The minimum absolute atomic E-state index is 0.0561. The van der Waals surface area contributed by atoms with Gasteiger partial charge in [-0.25, -0.2) is 0 Å². The van der Waals surface area contributed by atoms with E-state index in [1.54, 1.807) is 7.11 Å². The van der Waals surface area contributed by atoms with E-state index in [1.165, 1.54) is 0 Å². The van der Waals surface area contributed by atoms with Gasteiger partial charge in [0, 0.05) is 18.6 Å². The second-order valence-corrected chi connectivity index (χ2v) is 6.50. The van der Waals surface area contributed by atoms with Gasteiger partial charge in [0.05, 0.1) is 13.0 Å². The van der Waals surface area contributed by atoms with Crippen LogP contribution in [-0.2, 0) is 11.3 Å². The molecule has 4 heteroatoms. The van der Waals surface area contributed by atoms with Crippen LogP contribution in [0.5, 0.6) is 5.75 Å². The largest absolute Gasteiger partial charge is 0.497 e. The zero-order valence-electron chi connectivity index (χ0n) is 14.0. The number of hydrogen-bond donors (Lipinski definition) is 1. The number of methoxy groups -OCH3 is 1. The summed E-state index contributed by atoms with van der Waals surface area (Å²) in [6.07, 6.45) is 4.07. The number of benzene rings is 1. The standard InChI is InChI=1S/C18H28N2O2/c1-4-20(13-14-8-10-15(22-3)11-9-14)17(21)16-7-5-6-12-18(16,2)19/h8-11,16H,4-7,12-13,19H2,1-3H3. The molecular weight excluding hydrogens is 276 g/mol. The fraction of sp³-hybridized carbons (Fsp3) is 0.611. The summed E-state index contributed by atoms with van der Waals surface area (Å²) < 4.78 is 5.17. The second kappa shape index (κ2) is 7.14. The zero-order chi connectivity index (χ0) is 16.2. The Morgan fingerprint density at radius 1 is 1.36 bits per heavy atom. The van der Waals surface area contributed by atoms with Gasteiger partial charge in [-0.15, -0.1) is 0 Å². The summed E-state index contributed by atoms with van der Waals surface area (Å²) in [7, 11) is 1.65. The Bertz CT molecular complexity index is 496. The molecule has 1 saturated carbocycles. The molecule has 2 unspecified atom stereocenters. The summed E-state index contributed by atoms with van der Waals surface area (Å²) in [4.78, 5) is 14.8. The van der Waals surface area contributed by atoms with Gasteiger partial charge in [-0.1, -0.05) is 25.0 Å². The highest BCUT2D eigenvalue weighted by Crippen LogP contribution is 2.33. The van der Waals surface area contributed by atoms with Gasteiger partial charge in [0.2, 0.25) is 5.91 Å². The number of nitrogens with zero attached hydrogens (tertiary/aromatic N) is 1. The third-order valence-corrected chi connectivity index (χ3v) is 4.78. The van der Waals surface area contributed by atoms with Crippen LogP contribution in [0.3, 0.4) is 0 Å². The molecule has 4 nitrogen and oxygen atoms in total. The summed E-state index contributed by atoms with van der Waals surface area (Å²) in [5, 5.41) is 0. The quantitative estimate of drug-likeness (QED) is 0.910. The van der Waals surface area contributed by atoms with Crippen LogP contribution in [0.15, 0.2) is 24.3 Å². The Labute approximate surface area is 133 Å². The Morgan fingerprint density at radius 3 is 2.59 bits per heavy atom. The summed E-state index contributed by atoms with van der Waals surface area (Å²) in [6, 6.07) is 7.89. The van der Waals surface area contributed by atoms with Gasteiger partial charge in [0.25, 0.3) is 0 Å². The number of nitrogens with two attached hydrogens (primary N) is 1. The van der Waals surface area contributed by atoms with E-state index < -0.39 is 0 Å². The molecule has 0 heterocycles. The predicted octanol–water partition coefficient (Wildman–Crippen LogP) is 2.95. The first-order valence-corrected chi connectivity index (χ1v) is 8.18. The average Bonchev–Trinajstić information content (AvgIpc) is 2.52. The summed E-state index contributed by atoms with van der Waals surface area (Å²) in [5.74, 6) is 0.974. The maximum atomic E-state index is 12.9. The molecule has 22 heavy (non-hydrogen) atoms. The zero-order valence-corrected chi connectivity index (χ0v) is 14.0. The van der Waals surface area contributed by atoms with Crippen LogP contribution in [0.25, 0.3) is 0 Å². The average molecular weight is 304 g/mol. The molecule has 1 amide bonds. The van der Waals surface area contributed by atoms with E-state index in [1.807, 2.05) is 43.0 Å². The number of rotatable bonds is 5. The second-order valence-electron chi connectivity index (χ2n) is 6.50. The van der Waals surface area contributed by atoms with Crippen LogP contribution < -0.4 is 10.5 Å². The van der Waals surface area contributed by atoms with Crippen molar-refractivity contribution in [3.05, 3.63) is 29.8 Å². The topological polar surface area (TPSA) is 55.6 Å². The lowest BCUT2D eigenvalue weighted by Gasteiger charge is -2.39. The molecule has 1 aromatic carbocycles. The van der Waals surface area contributed by atoms with E-state index in [-0.39, 0.29) is 17.4 Å². The lowest BCUT2D eigenvalue weighted by molar-refractivity contribution is -0.139. The predicted molar refractivity (Wildman–Crippen MR) is 88.6 cm³/mol. The number of ether oxygens (including phenoxy) is 1. The van der Waals surface area contributed by atoms with Crippen molar-refractivity contribution in [2.75, 3.05) is 13.7 Å². The molecule has 0 radical (unpaired) electrons. The molecule has 1 aliphatic rings. The molecule has 2 atom stereocenters. The first-order chi connectivity index (χ1) is 10.5. The van der Waals surface area contributed by atoms with Gasteiger partial charge in [-0.3, -0.25) is 4.79 Å². The summed E-state index contributed by atoms with van der Waals surface area (Å²) in [6.45, 7) is 5.39. The van der Waals surface area contributed by atoms with Crippen molar-refractivity contribution >= 4 is 5.91 Å². The first kappa shape index (κ1) is 16.8. The molecule has 1 aromatic rings. The molecule has 0 saturated heterocycles. The lowest BCUT2D eigenvalue weighted by Crippen LogP contribution is -2.53. The summed E-state index contributed by atoms with van der Waals surface area (Å²) >= 11 is 0. The third kappa shape index (κ3) is 3.80. The SMILES string of the molecule is CCN(Cc1ccc(OC)cc1)C(=O)C1CCCCC1(C)N. The van der Waals surface area contributed by atoms with E-state index in [0.29, 0.717) is 13.1 Å². The van der Waals surface area contributed by atoms with Crippen molar-refractivity contribution in [1.29, 1.82) is 0 Å². The van der Waals surface area contributed by atoms with Gasteiger partial charge >= 0.3 is 0 Å². The van der Waals surface area contributed by atoms with Crippen LogP contribution in [0, 0.1) is 5.92 Å². The third-order valence-electron chi connectivity index (χ3n) is 4.78. The molecule has 1 fully saturated rings. The molecule has 0 aliphatic heterocycles. The fourth-order valence-corrected chi connectivity index (χ4v) is 3.28. The van der Waals surface area contributed by atoms with Gasteiger partial charge in [0.1, 0.15) is 5.75 Å². The van der Waals surface area contributed by atoms with Crippen molar-refractivity contribution in [2.24, 2.45) is 11.7 Å². The Hall–Kier alpha value is -1.55. The van der Waals surface area contributed by atoms with E-state index >= 15 is 0 Å². The Kier molecular flexibility index (Phi) is 5.46. The van der Waals surface area contributed by atoms with Crippen molar-refractivity contribution in [3.63, 3.8) is 0 Å². The van der Waals surface area contributed by atoms with Crippen molar-refractivity contribution in [2.45, 2.75) is 51.6 Å². The molecule has 0 aromatic heterocycles. The highest BCUT2D eigenvalue weighted by molar-refractivity contribution is 5.80. The van der Waals surface area contributed by atoms with Crippen LogP contribution in [0.2, 0.25) is 0 Å². The number of carbonyl (C=O) groups is 1. The molecule has 0 spiro atoms. The van der Waals surface area contributed by atoms with Crippen molar-refractivity contribution < 1.29 is 9.53 Å². The van der Waals surface area contributed by atoms with Crippen LogP contribution in [0.1, 0.15) is 45.1 Å². The number of carbonyl (C=O) groups excluding carboxylic acids is 1. The Balaban J connectivity index is 2.07. The molecular formula is C18H28N2O2. The fourth-order valence-electron chi connectivity index (χ4n) is 3.28. The monoisotopic (exact) mass is 304 g/mol. The molecule has 122 valence electrons. The normalized spacial score (nSPS) is 24.8. The van der Waals surface area contributed by atoms with Gasteiger partial charge in [-0.2, -0.15) is 0 Å². The van der Waals surface area contributed by atoms with Crippen LogP contribution in [-0.4, -0.2) is 30.0 Å². The van der Waals surface area contributed by atoms with Gasteiger partial charge in [-0.05, 0) is 44.4 Å². The maximum absolute atomic E-state index is 12.9. The smallest absolute Gasteiger partial charge is 0.227 e. The minimum atomic E-state index is -0.372. The van der Waals surface area contributed by atoms with Gasteiger partial charge < -0.3 is 15.4 Å². The van der Waals surface area contributed by atoms with E-state index in [9.17, 15) is 4.79 Å². The number of hydrogen-bond acceptors (Lipinski definition) is 3. The number of amides is 1. The molecule has 2 N–H and O–H groups in total. The first-order valence-electron chi connectivity index (χ1n) is 8.18. The minimum Gasteiger partial charge on any atom is -0.497 e. The maximum Gasteiger partial charge on any atom is 0.227 e. The lowest BCUT2D eigenvalue weighted by atomic mass is 9.74. The van der Waals surface area contributed by atoms with Crippen molar-refractivity contribution in [3.8, 4) is 5.75 Å². The molecule has 1 aliphatic carbocycles. The summed E-state index contributed by atoms with van der Waals surface area (Å²) in [5.41, 5.74) is 7.13.